The van der Waals surface area contributed by atoms with E-state index in [-0.39, 0.29) is 43.1 Å². The molecule has 0 amide bonds. The summed E-state index contributed by atoms with van der Waals surface area (Å²) < 4.78 is 7.79. The maximum atomic E-state index is 12.8. The van der Waals surface area contributed by atoms with Gasteiger partial charge in [-0.25, -0.2) is 9.36 Å². The lowest BCUT2D eigenvalue weighted by Gasteiger charge is -2.15. The van der Waals surface area contributed by atoms with Crippen LogP contribution in [0.2, 0.25) is 0 Å². The molecule has 2 aromatic heterocycles. The Morgan fingerprint density at radius 2 is 2.24 bits per heavy atom. The summed E-state index contributed by atoms with van der Waals surface area (Å²) in [7, 11) is 0. The van der Waals surface area contributed by atoms with Crippen molar-refractivity contribution in [3.8, 4) is 6.07 Å². The molecule has 11 nitrogen and oxygen atoms in total. The van der Waals surface area contributed by atoms with Crippen molar-refractivity contribution in [2.75, 3.05) is 12.3 Å². The Morgan fingerprint density at radius 1 is 1.48 bits per heavy atom. The van der Waals surface area contributed by atoms with E-state index in [9.17, 15) is 19.8 Å². The average molecular weight is 350 g/mol. The highest BCUT2D eigenvalue weighted by Gasteiger charge is 2.38. The lowest BCUT2D eigenvalue weighted by molar-refractivity contribution is -0.0505. The van der Waals surface area contributed by atoms with Crippen molar-refractivity contribution in [3.63, 3.8) is 0 Å². The number of hydrogen-bond acceptors (Lipinski definition) is 8. The minimum Gasteiger partial charge on any atom is -0.394 e. The number of imidazole rings is 1. The lowest BCUT2D eigenvalue weighted by atomic mass is 10.2. The number of nitrogen functional groups attached to an aromatic ring is 1. The molecule has 0 radical (unpaired) electrons. The Bertz CT molecular complexity index is 938. The maximum absolute atomic E-state index is 12.8. The van der Waals surface area contributed by atoms with Gasteiger partial charge in [0, 0.05) is 19.4 Å². The topological polar surface area (TPSA) is 172 Å². The largest absolute Gasteiger partial charge is 0.394 e. The number of aromatic amines is 1. The molecule has 1 fully saturated rings. The molecule has 3 heterocycles. The number of aryl methyl sites for hydroxylation is 1. The standard InChI is InChI=1S/C14H18N6O5/c15-3-1-2-4-19-9-10(17-13(16)18-11(9)23)20(14(19)24)12-8(22)5-7(6-21)25-12/h7-8,12,21-22H,1-2,4-6H2,(H3,16,17,18,23). The van der Waals surface area contributed by atoms with Crippen molar-refractivity contribution in [3.05, 3.63) is 20.8 Å². The molecule has 0 saturated carbocycles. The number of hydrogen-bond donors (Lipinski definition) is 4. The van der Waals surface area contributed by atoms with E-state index >= 15 is 0 Å². The predicted molar refractivity (Wildman–Crippen MR) is 85.5 cm³/mol. The number of anilines is 1. The van der Waals surface area contributed by atoms with Gasteiger partial charge in [-0.3, -0.25) is 14.3 Å². The first-order valence-corrected chi connectivity index (χ1v) is 7.79. The molecule has 1 aliphatic heterocycles. The highest BCUT2D eigenvalue weighted by Crippen LogP contribution is 2.29. The molecule has 0 aromatic carbocycles. The summed E-state index contributed by atoms with van der Waals surface area (Å²) in [6.07, 6.45) is -2.02. The Balaban J connectivity index is 2.18. The summed E-state index contributed by atoms with van der Waals surface area (Å²) in [5, 5.41) is 28.1. The predicted octanol–water partition coefficient (Wildman–Crippen LogP) is -1.59. The Hall–Kier alpha value is -2.68. The van der Waals surface area contributed by atoms with E-state index < -0.39 is 29.7 Å². The number of ether oxygens (including phenoxy) is 1. The normalized spacial score (nSPS) is 23.2. The highest BCUT2D eigenvalue weighted by atomic mass is 16.5. The second kappa shape index (κ2) is 6.67. The molecule has 5 N–H and O–H groups in total. The van der Waals surface area contributed by atoms with Gasteiger partial charge in [-0.05, 0) is 6.42 Å². The zero-order valence-electron chi connectivity index (χ0n) is 13.3. The molecule has 0 spiro atoms. The van der Waals surface area contributed by atoms with E-state index in [1.165, 1.54) is 4.57 Å². The fourth-order valence-corrected chi connectivity index (χ4v) is 3.03. The van der Waals surface area contributed by atoms with Crippen molar-refractivity contribution in [1.29, 1.82) is 5.26 Å². The van der Waals surface area contributed by atoms with Crippen LogP contribution in [0.25, 0.3) is 11.2 Å². The third-order valence-corrected chi connectivity index (χ3v) is 4.12. The van der Waals surface area contributed by atoms with Gasteiger partial charge in [0.1, 0.15) is 6.10 Å². The first-order chi connectivity index (χ1) is 12.0. The summed E-state index contributed by atoms with van der Waals surface area (Å²) in [4.78, 5) is 31.5. The van der Waals surface area contributed by atoms with Gasteiger partial charge in [0.25, 0.3) is 5.56 Å². The summed E-state index contributed by atoms with van der Waals surface area (Å²) >= 11 is 0. The van der Waals surface area contributed by atoms with E-state index in [0.717, 1.165) is 4.57 Å². The first kappa shape index (κ1) is 17.2. The van der Waals surface area contributed by atoms with E-state index in [1.54, 1.807) is 0 Å². The van der Waals surface area contributed by atoms with Crippen LogP contribution in [-0.2, 0) is 11.3 Å². The van der Waals surface area contributed by atoms with E-state index in [1.807, 2.05) is 6.07 Å². The van der Waals surface area contributed by atoms with Crippen LogP contribution in [0.4, 0.5) is 5.95 Å². The van der Waals surface area contributed by atoms with Gasteiger partial charge < -0.3 is 20.7 Å². The molecule has 3 unspecified atom stereocenters. The Kier molecular flexibility index (Phi) is 4.58. The Labute approximate surface area is 140 Å². The van der Waals surface area contributed by atoms with Gasteiger partial charge in [0.2, 0.25) is 5.95 Å². The quantitative estimate of drug-likeness (QED) is 0.467. The van der Waals surface area contributed by atoms with E-state index in [0.29, 0.717) is 6.42 Å². The van der Waals surface area contributed by atoms with E-state index in [2.05, 4.69) is 9.97 Å². The van der Waals surface area contributed by atoms with Crippen molar-refractivity contribution < 1.29 is 14.9 Å². The molecule has 25 heavy (non-hydrogen) atoms. The van der Waals surface area contributed by atoms with Gasteiger partial charge in [-0.15, -0.1) is 0 Å². The molecule has 2 aromatic rings. The minimum absolute atomic E-state index is 0.000360. The lowest BCUT2D eigenvalue weighted by Crippen LogP contribution is -2.32. The van der Waals surface area contributed by atoms with Crippen molar-refractivity contribution >= 4 is 17.1 Å². The van der Waals surface area contributed by atoms with Crippen LogP contribution in [0.3, 0.4) is 0 Å². The summed E-state index contributed by atoms with van der Waals surface area (Å²) in [6.45, 7) is -0.171. The molecular weight excluding hydrogens is 332 g/mol. The highest BCUT2D eigenvalue weighted by molar-refractivity contribution is 5.71. The van der Waals surface area contributed by atoms with Crippen LogP contribution >= 0.6 is 0 Å². The first-order valence-electron chi connectivity index (χ1n) is 7.79. The minimum atomic E-state index is -1.09. The molecule has 3 rings (SSSR count). The van der Waals surface area contributed by atoms with Gasteiger partial charge in [-0.1, -0.05) is 0 Å². The van der Waals surface area contributed by atoms with Crippen LogP contribution in [0.1, 0.15) is 25.5 Å². The van der Waals surface area contributed by atoms with Gasteiger partial charge >= 0.3 is 5.69 Å². The monoisotopic (exact) mass is 350 g/mol. The SMILES string of the molecule is N#CCCCn1c(=O)n(C2OC(CO)CC2O)c2nc(N)[nH]c(=O)c21. The summed E-state index contributed by atoms with van der Waals surface area (Å²) in [5.74, 6) is -0.174. The molecule has 11 heteroatoms. The van der Waals surface area contributed by atoms with Gasteiger partial charge in [-0.2, -0.15) is 10.2 Å². The third kappa shape index (κ3) is 2.91. The van der Waals surface area contributed by atoms with Crippen LogP contribution in [0.15, 0.2) is 9.59 Å². The number of aliphatic hydroxyl groups excluding tert-OH is 2. The van der Waals surface area contributed by atoms with Crippen LogP contribution < -0.4 is 17.0 Å². The van der Waals surface area contributed by atoms with Crippen molar-refractivity contribution in [1.82, 2.24) is 19.1 Å². The number of nitrogens with two attached hydrogens (primary N) is 1. The third-order valence-electron chi connectivity index (χ3n) is 4.12. The van der Waals surface area contributed by atoms with Gasteiger partial charge in [0.05, 0.1) is 18.8 Å². The number of nitrogens with one attached hydrogen (secondary N) is 1. The zero-order chi connectivity index (χ0) is 18.1. The maximum Gasteiger partial charge on any atom is 0.332 e. The number of fused-ring (bicyclic) bond motifs is 1. The fraction of sp³-hybridized carbons (Fsp3) is 0.571. The van der Waals surface area contributed by atoms with Crippen LogP contribution in [0.5, 0.6) is 0 Å². The molecule has 3 atom stereocenters. The van der Waals surface area contributed by atoms with Crippen molar-refractivity contribution in [2.24, 2.45) is 0 Å². The second-order valence-electron chi connectivity index (χ2n) is 5.82. The molecular formula is C14H18N6O5. The number of aromatic nitrogens is 4. The van der Waals surface area contributed by atoms with Crippen LogP contribution in [-0.4, -0.2) is 48.1 Å². The Morgan fingerprint density at radius 3 is 2.88 bits per heavy atom. The zero-order valence-corrected chi connectivity index (χ0v) is 13.3. The van der Waals surface area contributed by atoms with Gasteiger partial charge in [0.15, 0.2) is 17.4 Å². The average Bonchev–Trinajstić information content (AvgIpc) is 3.05. The summed E-state index contributed by atoms with van der Waals surface area (Å²) in [6, 6.07) is 1.98. The number of nitriles is 1. The number of H-pyrrole nitrogens is 1. The molecule has 0 aliphatic carbocycles. The molecule has 1 saturated heterocycles. The van der Waals surface area contributed by atoms with Crippen LogP contribution in [0, 0.1) is 11.3 Å². The molecule has 0 bridgehead atoms. The smallest absolute Gasteiger partial charge is 0.332 e. The number of aliphatic hydroxyl groups is 2. The van der Waals surface area contributed by atoms with Crippen molar-refractivity contribution in [2.45, 2.75) is 44.2 Å². The molecule has 1 aliphatic rings. The number of rotatable bonds is 5. The number of unbranched alkanes of at least 4 members (excludes halogenated alkanes) is 1. The second-order valence-corrected chi connectivity index (χ2v) is 5.82. The number of nitrogens with zero attached hydrogens (tertiary/aromatic N) is 4. The molecule has 134 valence electrons. The van der Waals surface area contributed by atoms with E-state index in [4.69, 9.17) is 15.7 Å². The summed E-state index contributed by atoms with van der Waals surface area (Å²) in [5.41, 5.74) is 4.38. The fourth-order valence-electron chi connectivity index (χ4n) is 3.03.